The Balaban J connectivity index is 4.10. The van der Waals surface area contributed by atoms with Crippen molar-refractivity contribution in [2.75, 3.05) is 12.3 Å². The number of nitrogens with one attached hydrogen (secondary N) is 1. The molecule has 0 aromatic rings. The molecule has 4 heteroatoms. The van der Waals surface area contributed by atoms with E-state index in [2.05, 4.69) is 12.2 Å². The molecule has 3 nitrogen and oxygen atoms in total. The summed E-state index contributed by atoms with van der Waals surface area (Å²) in [6.45, 7) is 10.5. The Morgan fingerprint density at radius 1 is 1.19 bits per heavy atom. The average molecular weight is 249 g/mol. The molecule has 0 heterocycles. The van der Waals surface area contributed by atoms with Gasteiger partial charge in [-0.05, 0) is 34.1 Å². The molecule has 98 valence electrons. The molecule has 0 aliphatic heterocycles. The van der Waals surface area contributed by atoms with Gasteiger partial charge in [-0.2, -0.15) is 0 Å². The smallest absolute Gasteiger partial charge is 0.154 e. The molecule has 0 saturated carbocycles. The second kappa shape index (κ2) is 6.60. The van der Waals surface area contributed by atoms with Gasteiger partial charge in [-0.3, -0.25) is 0 Å². The second-order valence-electron chi connectivity index (χ2n) is 5.52. The zero-order chi connectivity index (χ0) is 12.8. The molecule has 0 amide bonds. The first kappa shape index (κ1) is 15.9. The molecular weight excluding hydrogens is 222 g/mol. The first-order chi connectivity index (χ1) is 7.19. The van der Waals surface area contributed by atoms with E-state index in [-0.39, 0.29) is 10.8 Å². The van der Waals surface area contributed by atoms with Crippen molar-refractivity contribution in [3.05, 3.63) is 0 Å². The van der Waals surface area contributed by atoms with Crippen molar-refractivity contribution >= 4 is 9.84 Å². The molecule has 0 fully saturated rings. The minimum Gasteiger partial charge on any atom is -0.311 e. The molecule has 0 radical (unpaired) electrons. The van der Waals surface area contributed by atoms with Crippen molar-refractivity contribution in [1.82, 2.24) is 5.32 Å². The lowest BCUT2D eigenvalue weighted by Gasteiger charge is -2.23. The van der Waals surface area contributed by atoms with Gasteiger partial charge < -0.3 is 5.32 Å². The molecule has 0 aliphatic rings. The molecule has 0 bridgehead atoms. The lowest BCUT2D eigenvalue weighted by Crippen LogP contribution is -2.42. The fourth-order valence-corrected chi connectivity index (χ4v) is 2.68. The summed E-state index contributed by atoms with van der Waals surface area (Å²) in [6.07, 6.45) is 2.85. The van der Waals surface area contributed by atoms with Crippen molar-refractivity contribution in [2.45, 2.75) is 64.7 Å². The zero-order valence-electron chi connectivity index (χ0n) is 11.3. The minimum absolute atomic E-state index is 0.0206. The summed E-state index contributed by atoms with van der Waals surface area (Å²) in [5, 5.41) is 2.95. The maximum absolute atomic E-state index is 11.9. The number of unbranched alkanes of at least 4 members (excludes halogenated alkanes) is 2. The zero-order valence-corrected chi connectivity index (χ0v) is 12.2. The second-order valence-corrected chi connectivity index (χ2v) is 8.05. The highest BCUT2D eigenvalue weighted by atomic mass is 32.2. The molecular formula is C12H27NO2S. The highest BCUT2D eigenvalue weighted by Gasteiger charge is 2.21. The van der Waals surface area contributed by atoms with E-state index in [0.29, 0.717) is 12.3 Å². The Morgan fingerprint density at radius 2 is 1.75 bits per heavy atom. The van der Waals surface area contributed by atoms with Crippen LogP contribution in [0.2, 0.25) is 0 Å². The summed E-state index contributed by atoms with van der Waals surface area (Å²) in [5.41, 5.74) is -0.0206. The van der Waals surface area contributed by atoms with Crippen LogP contribution in [0.25, 0.3) is 0 Å². The van der Waals surface area contributed by atoms with Crippen LogP contribution >= 0.6 is 0 Å². The van der Waals surface area contributed by atoms with Crippen LogP contribution in [0.4, 0.5) is 0 Å². The van der Waals surface area contributed by atoms with Crippen LogP contribution in [0.15, 0.2) is 0 Å². The van der Waals surface area contributed by atoms with Crippen molar-refractivity contribution in [1.29, 1.82) is 0 Å². The normalized spacial score (nSPS) is 15.1. The van der Waals surface area contributed by atoms with E-state index >= 15 is 0 Å². The molecule has 16 heavy (non-hydrogen) atoms. The van der Waals surface area contributed by atoms with Gasteiger partial charge in [0, 0.05) is 12.1 Å². The fourth-order valence-electron chi connectivity index (χ4n) is 1.33. The third-order valence-electron chi connectivity index (χ3n) is 2.57. The molecule has 0 spiro atoms. The van der Waals surface area contributed by atoms with E-state index in [1.165, 1.54) is 0 Å². The third kappa shape index (κ3) is 7.23. The van der Waals surface area contributed by atoms with Gasteiger partial charge in [0.15, 0.2) is 9.84 Å². The van der Waals surface area contributed by atoms with Gasteiger partial charge in [0.1, 0.15) is 0 Å². The van der Waals surface area contributed by atoms with E-state index in [9.17, 15) is 8.42 Å². The molecule has 0 aliphatic carbocycles. The molecule has 0 aromatic heterocycles. The first-order valence-electron chi connectivity index (χ1n) is 6.15. The Labute approximate surface area is 101 Å². The predicted molar refractivity (Wildman–Crippen MR) is 70.5 cm³/mol. The van der Waals surface area contributed by atoms with E-state index in [1.807, 2.05) is 20.8 Å². The maximum Gasteiger partial charge on any atom is 0.154 e. The van der Waals surface area contributed by atoms with Gasteiger partial charge in [0.2, 0.25) is 0 Å². The summed E-state index contributed by atoms with van der Waals surface area (Å²) in [7, 11) is -2.92. The molecule has 0 aromatic carbocycles. The van der Waals surface area contributed by atoms with Crippen LogP contribution in [-0.4, -0.2) is 31.5 Å². The highest BCUT2D eigenvalue weighted by molar-refractivity contribution is 7.92. The minimum atomic E-state index is -2.92. The Morgan fingerprint density at radius 3 is 2.19 bits per heavy atom. The van der Waals surface area contributed by atoms with Crippen molar-refractivity contribution in [2.24, 2.45) is 0 Å². The molecule has 1 N–H and O–H groups in total. The van der Waals surface area contributed by atoms with Crippen LogP contribution in [0, 0.1) is 0 Å². The van der Waals surface area contributed by atoms with Gasteiger partial charge in [-0.15, -0.1) is 0 Å². The van der Waals surface area contributed by atoms with E-state index in [1.54, 1.807) is 6.92 Å². The topological polar surface area (TPSA) is 46.2 Å². The van der Waals surface area contributed by atoms with Crippen LogP contribution in [0.3, 0.4) is 0 Å². The third-order valence-corrected chi connectivity index (χ3v) is 4.82. The van der Waals surface area contributed by atoms with Gasteiger partial charge in [-0.25, -0.2) is 8.42 Å². The van der Waals surface area contributed by atoms with Gasteiger partial charge in [0.25, 0.3) is 0 Å². The van der Waals surface area contributed by atoms with E-state index < -0.39 is 9.84 Å². The Kier molecular flexibility index (Phi) is 6.56. The summed E-state index contributed by atoms with van der Waals surface area (Å²) < 4.78 is 23.8. The molecule has 0 rings (SSSR count). The van der Waals surface area contributed by atoms with Gasteiger partial charge >= 0.3 is 0 Å². The predicted octanol–water partition coefficient (Wildman–Crippen LogP) is 2.37. The molecule has 1 unspecified atom stereocenters. The molecule has 0 saturated heterocycles. The summed E-state index contributed by atoms with van der Waals surface area (Å²) >= 11 is 0. The van der Waals surface area contributed by atoms with Crippen molar-refractivity contribution in [3.63, 3.8) is 0 Å². The lowest BCUT2D eigenvalue weighted by atomic mass is 10.1. The number of hydrogen-bond acceptors (Lipinski definition) is 3. The Hall–Kier alpha value is -0.0900. The monoisotopic (exact) mass is 249 g/mol. The van der Waals surface area contributed by atoms with Crippen LogP contribution < -0.4 is 5.32 Å². The van der Waals surface area contributed by atoms with Crippen LogP contribution in [0.5, 0.6) is 0 Å². The standard InChI is InChI=1S/C12H27NO2S/c1-6-7-8-9-16(14,15)11(2)10-13-12(3,4)5/h11,13H,6-10H2,1-5H3. The van der Waals surface area contributed by atoms with Gasteiger partial charge in [0.05, 0.1) is 11.0 Å². The first-order valence-corrected chi connectivity index (χ1v) is 7.87. The Bertz CT molecular complexity index is 278. The van der Waals surface area contributed by atoms with Crippen LogP contribution in [0.1, 0.15) is 53.9 Å². The largest absolute Gasteiger partial charge is 0.311 e. The quantitative estimate of drug-likeness (QED) is 0.705. The SMILES string of the molecule is CCCCCS(=O)(=O)C(C)CNC(C)(C)C. The number of rotatable bonds is 7. The fraction of sp³-hybridized carbons (Fsp3) is 1.00. The number of hydrogen-bond donors (Lipinski definition) is 1. The highest BCUT2D eigenvalue weighted by Crippen LogP contribution is 2.08. The summed E-state index contributed by atoms with van der Waals surface area (Å²) in [6, 6.07) is 0. The van der Waals surface area contributed by atoms with E-state index in [0.717, 1.165) is 19.3 Å². The van der Waals surface area contributed by atoms with Crippen molar-refractivity contribution in [3.8, 4) is 0 Å². The number of sulfone groups is 1. The summed E-state index contributed by atoms with van der Waals surface area (Å²) in [5.74, 6) is 0.327. The van der Waals surface area contributed by atoms with Gasteiger partial charge in [-0.1, -0.05) is 19.8 Å². The van der Waals surface area contributed by atoms with Crippen LogP contribution in [-0.2, 0) is 9.84 Å². The maximum atomic E-state index is 11.9. The molecule has 1 atom stereocenters. The average Bonchev–Trinajstić information content (AvgIpc) is 2.13. The van der Waals surface area contributed by atoms with Crippen molar-refractivity contribution < 1.29 is 8.42 Å². The van der Waals surface area contributed by atoms with E-state index in [4.69, 9.17) is 0 Å². The lowest BCUT2D eigenvalue weighted by molar-refractivity contribution is 0.425. The summed E-state index contributed by atoms with van der Waals surface area (Å²) in [4.78, 5) is 0.